The van der Waals surface area contributed by atoms with Gasteiger partial charge in [0.05, 0.1) is 6.10 Å². The maximum atomic E-state index is 5.71. The molecule has 4 nitrogen and oxygen atoms in total. The highest BCUT2D eigenvalue weighted by Gasteiger charge is 2.23. The van der Waals surface area contributed by atoms with Crippen LogP contribution in [0.25, 0.3) is 0 Å². The Balaban J connectivity index is 1.57. The summed E-state index contributed by atoms with van der Waals surface area (Å²) in [6.45, 7) is 3.03. The summed E-state index contributed by atoms with van der Waals surface area (Å²) in [4.78, 5) is 4.53. The van der Waals surface area contributed by atoms with Gasteiger partial charge in [-0.2, -0.15) is 4.98 Å². The molecule has 1 fully saturated rings. The van der Waals surface area contributed by atoms with E-state index in [0.717, 1.165) is 50.4 Å². The number of rotatable bonds is 5. The van der Waals surface area contributed by atoms with E-state index in [4.69, 9.17) is 9.26 Å². The minimum absolute atomic E-state index is 0.399. The first-order chi connectivity index (χ1) is 10.3. The predicted octanol–water partition coefficient (Wildman–Crippen LogP) is 3.41. The lowest BCUT2D eigenvalue weighted by Gasteiger charge is -2.27. The molecule has 1 aliphatic rings. The van der Waals surface area contributed by atoms with Gasteiger partial charge in [0.1, 0.15) is 0 Å². The quantitative estimate of drug-likeness (QED) is 0.845. The summed E-state index contributed by atoms with van der Waals surface area (Å²) in [5.41, 5.74) is 1.21. The molecule has 1 aromatic heterocycles. The third-order valence-corrected chi connectivity index (χ3v) is 4.11. The number of hydrogen-bond donors (Lipinski definition) is 0. The third kappa shape index (κ3) is 3.91. The average Bonchev–Trinajstić information content (AvgIpc) is 2.95. The van der Waals surface area contributed by atoms with Gasteiger partial charge in [0.2, 0.25) is 5.89 Å². The summed E-state index contributed by atoms with van der Waals surface area (Å²) in [5.74, 6) is 2.15. The predicted molar refractivity (Wildman–Crippen MR) is 80.0 cm³/mol. The van der Waals surface area contributed by atoms with Crippen molar-refractivity contribution in [2.24, 2.45) is 5.92 Å². The van der Waals surface area contributed by atoms with Gasteiger partial charge in [0.25, 0.3) is 0 Å². The molecule has 112 valence electrons. The number of aromatic nitrogens is 2. The van der Waals surface area contributed by atoms with Gasteiger partial charge >= 0.3 is 0 Å². The maximum absolute atomic E-state index is 5.71. The zero-order valence-electron chi connectivity index (χ0n) is 12.5. The molecule has 0 radical (unpaired) electrons. The van der Waals surface area contributed by atoms with Crippen molar-refractivity contribution < 1.29 is 9.26 Å². The first kappa shape index (κ1) is 14.3. The molecule has 0 N–H and O–H groups in total. The van der Waals surface area contributed by atoms with E-state index in [1.807, 2.05) is 18.2 Å². The highest BCUT2D eigenvalue weighted by molar-refractivity contribution is 5.18. The van der Waals surface area contributed by atoms with Crippen molar-refractivity contribution in [1.29, 1.82) is 0 Å². The average molecular weight is 286 g/mol. The van der Waals surface area contributed by atoms with Crippen LogP contribution in [0.5, 0.6) is 0 Å². The van der Waals surface area contributed by atoms with E-state index in [2.05, 4.69) is 29.2 Å². The van der Waals surface area contributed by atoms with E-state index in [0.29, 0.717) is 12.0 Å². The molecule has 1 aromatic carbocycles. The van der Waals surface area contributed by atoms with Crippen LogP contribution < -0.4 is 0 Å². The number of benzene rings is 1. The first-order valence-electron chi connectivity index (χ1n) is 7.80. The molecular weight excluding hydrogens is 264 g/mol. The van der Waals surface area contributed by atoms with E-state index < -0.39 is 0 Å². The van der Waals surface area contributed by atoms with E-state index in [1.54, 1.807) is 0 Å². The molecular formula is C17H22N2O2. The molecule has 0 unspecified atom stereocenters. The SMILES string of the molecule is CC[C@H]1C[C@H](Cc2nc(Cc3ccccc3)no2)CCO1. The Morgan fingerprint density at radius 3 is 2.90 bits per heavy atom. The monoisotopic (exact) mass is 286 g/mol. The fraction of sp³-hybridized carbons (Fsp3) is 0.529. The van der Waals surface area contributed by atoms with Gasteiger partial charge in [-0.1, -0.05) is 42.4 Å². The van der Waals surface area contributed by atoms with Gasteiger partial charge in [-0.15, -0.1) is 0 Å². The lowest BCUT2D eigenvalue weighted by molar-refractivity contribution is -0.0115. The molecule has 0 aliphatic carbocycles. The van der Waals surface area contributed by atoms with Gasteiger partial charge in [-0.3, -0.25) is 0 Å². The minimum Gasteiger partial charge on any atom is -0.378 e. The van der Waals surface area contributed by atoms with Crippen molar-refractivity contribution in [3.63, 3.8) is 0 Å². The van der Waals surface area contributed by atoms with E-state index in [1.165, 1.54) is 5.56 Å². The van der Waals surface area contributed by atoms with Gasteiger partial charge in [-0.25, -0.2) is 0 Å². The summed E-state index contributed by atoms with van der Waals surface area (Å²) in [6, 6.07) is 10.2. The van der Waals surface area contributed by atoms with Crippen LogP contribution in [0, 0.1) is 5.92 Å². The fourth-order valence-corrected chi connectivity index (χ4v) is 2.90. The molecule has 2 atom stereocenters. The van der Waals surface area contributed by atoms with E-state index in [9.17, 15) is 0 Å². The van der Waals surface area contributed by atoms with Crippen LogP contribution in [0.4, 0.5) is 0 Å². The largest absolute Gasteiger partial charge is 0.378 e. The maximum Gasteiger partial charge on any atom is 0.226 e. The lowest BCUT2D eigenvalue weighted by Crippen LogP contribution is -2.26. The summed E-state index contributed by atoms with van der Waals surface area (Å²) in [6.07, 6.45) is 5.28. The van der Waals surface area contributed by atoms with Crippen molar-refractivity contribution in [2.75, 3.05) is 6.61 Å². The normalized spacial score (nSPS) is 22.3. The highest BCUT2D eigenvalue weighted by Crippen LogP contribution is 2.25. The Bertz CT molecular complexity index is 553. The highest BCUT2D eigenvalue weighted by atomic mass is 16.5. The summed E-state index contributed by atoms with van der Waals surface area (Å²) in [5, 5.41) is 4.10. The molecule has 4 heteroatoms. The van der Waals surface area contributed by atoms with Gasteiger partial charge in [0.15, 0.2) is 5.82 Å². The standard InChI is InChI=1S/C17H22N2O2/c1-2-15-10-14(8-9-20-15)12-17-18-16(19-21-17)11-13-6-4-3-5-7-13/h3-7,14-15H,2,8-12H2,1H3/t14-,15+/m1/s1. The Morgan fingerprint density at radius 1 is 1.24 bits per heavy atom. The van der Waals surface area contributed by atoms with Crippen LogP contribution in [0.1, 0.15) is 43.5 Å². The van der Waals surface area contributed by atoms with Crippen molar-refractivity contribution in [2.45, 2.75) is 45.1 Å². The fourth-order valence-electron chi connectivity index (χ4n) is 2.90. The molecule has 1 aliphatic heterocycles. The second kappa shape index (κ2) is 6.85. The third-order valence-electron chi connectivity index (χ3n) is 4.11. The number of ether oxygens (including phenoxy) is 1. The Morgan fingerprint density at radius 2 is 2.10 bits per heavy atom. The summed E-state index contributed by atoms with van der Waals surface area (Å²) >= 11 is 0. The summed E-state index contributed by atoms with van der Waals surface area (Å²) < 4.78 is 11.1. The van der Waals surface area contributed by atoms with Crippen LogP contribution in [-0.2, 0) is 17.6 Å². The first-order valence-corrected chi connectivity index (χ1v) is 7.80. The smallest absolute Gasteiger partial charge is 0.226 e. The zero-order chi connectivity index (χ0) is 14.5. The van der Waals surface area contributed by atoms with Crippen molar-refractivity contribution in [3.05, 3.63) is 47.6 Å². The Labute approximate surface area is 125 Å². The van der Waals surface area contributed by atoms with Crippen LogP contribution in [0.3, 0.4) is 0 Å². The molecule has 1 saturated heterocycles. The lowest BCUT2D eigenvalue weighted by atomic mass is 9.91. The molecule has 0 spiro atoms. The Hall–Kier alpha value is -1.68. The molecule has 0 bridgehead atoms. The van der Waals surface area contributed by atoms with Crippen molar-refractivity contribution >= 4 is 0 Å². The minimum atomic E-state index is 0.399. The zero-order valence-corrected chi connectivity index (χ0v) is 12.5. The van der Waals surface area contributed by atoms with Crippen LogP contribution in [-0.4, -0.2) is 22.9 Å². The van der Waals surface area contributed by atoms with Crippen LogP contribution in [0.15, 0.2) is 34.9 Å². The molecule has 3 rings (SSSR count). The molecule has 0 saturated carbocycles. The Kier molecular flexibility index (Phi) is 4.65. The molecule has 2 aromatic rings. The summed E-state index contributed by atoms with van der Waals surface area (Å²) in [7, 11) is 0. The van der Waals surface area contributed by atoms with Gasteiger partial charge in [0, 0.05) is 19.4 Å². The van der Waals surface area contributed by atoms with Crippen molar-refractivity contribution in [1.82, 2.24) is 10.1 Å². The second-order valence-electron chi connectivity index (χ2n) is 5.76. The van der Waals surface area contributed by atoms with Gasteiger partial charge < -0.3 is 9.26 Å². The number of nitrogens with zero attached hydrogens (tertiary/aromatic N) is 2. The second-order valence-corrected chi connectivity index (χ2v) is 5.76. The van der Waals surface area contributed by atoms with E-state index in [-0.39, 0.29) is 0 Å². The van der Waals surface area contributed by atoms with Crippen LogP contribution >= 0.6 is 0 Å². The molecule has 2 heterocycles. The van der Waals surface area contributed by atoms with Gasteiger partial charge in [-0.05, 0) is 30.7 Å². The number of hydrogen-bond acceptors (Lipinski definition) is 4. The molecule has 21 heavy (non-hydrogen) atoms. The van der Waals surface area contributed by atoms with E-state index >= 15 is 0 Å². The van der Waals surface area contributed by atoms with Crippen molar-refractivity contribution in [3.8, 4) is 0 Å². The molecule has 0 amide bonds. The van der Waals surface area contributed by atoms with Crippen LogP contribution in [0.2, 0.25) is 0 Å². The topological polar surface area (TPSA) is 48.2 Å².